The van der Waals surface area contributed by atoms with Gasteiger partial charge in [-0.05, 0) is 40.0 Å². The number of fused-ring (bicyclic) bond motifs is 1. The molecule has 8 heteroatoms. The lowest BCUT2D eigenvalue weighted by atomic mass is 10.1. The number of amides is 3. The molecule has 2 N–H and O–H groups in total. The number of halogens is 1. The number of hydrogen-bond donors (Lipinski definition) is 2. The third-order valence-corrected chi connectivity index (χ3v) is 4.61. The first-order valence-corrected chi connectivity index (χ1v) is 8.27. The molecular weight excluding hydrogens is 378 g/mol. The van der Waals surface area contributed by atoms with E-state index in [4.69, 9.17) is 5.11 Å². The number of nitrogens with zero attached hydrogens (tertiary/aromatic N) is 2. The standard InChI is InChI=1S/C16H16BrN3O4/c1-9(22)19-3-2-10-6-11(7-12(17)15(10)19)18-13-8-14(23)20(4-5-21)16(13)24/h6-8,18,21H,2-5H2,1H3. The fourth-order valence-corrected chi connectivity index (χ4v) is 3.66. The normalized spacial score (nSPS) is 16.5. The molecule has 0 aromatic heterocycles. The molecule has 0 atom stereocenters. The van der Waals surface area contributed by atoms with E-state index in [-0.39, 0.29) is 24.8 Å². The van der Waals surface area contributed by atoms with Crippen molar-refractivity contribution in [2.75, 3.05) is 29.9 Å². The van der Waals surface area contributed by atoms with Gasteiger partial charge >= 0.3 is 0 Å². The van der Waals surface area contributed by atoms with Gasteiger partial charge in [-0.3, -0.25) is 19.3 Å². The maximum atomic E-state index is 12.2. The number of β-amino-alcohol motifs (C(OH)–C–C–N with tert-alkyl or cyclic N) is 1. The first kappa shape index (κ1) is 16.7. The molecule has 2 aliphatic rings. The number of aliphatic hydroxyl groups excluding tert-OH is 1. The van der Waals surface area contributed by atoms with Crippen molar-refractivity contribution >= 4 is 45.0 Å². The van der Waals surface area contributed by atoms with Gasteiger partial charge in [-0.2, -0.15) is 0 Å². The van der Waals surface area contributed by atoms with Crippen LogP contribution in [0.25, 0.3) is 0 Å². The van der Waals surface area contributed by atoms with Gasteiger partial charge in [0.2, 0.25) is 5.91 Å². The lowest BCUT2D eigenvalue weighted by Crippen LogP contribution is -2.34. The quantitative estimate of drug-likeness (QED) is 0.745. The predicted molar refractivity (Wildman–Crippen MR) is 91.4 cm³/mol. The summed E-state index contributed by atoms with van der Waals surface area (Å²) < 4.78 is 0.750. The van der Waals surface area contributed by atoms with Crippen LogP contribution in [-0.4, -0.2) is 47.4 Å². The molecule has 1 aromatic rings. The first-order valence-electron chi connectivity index (χ1n) is 7.48. The van der Waals surface area contributed by atoms with E-state index in [1.165, 1.54) is 13.0 Å². The Morgan fingerprint density at radius 3 is 2.79 bits per heavy atom. The van der Waals surface area contributed by atoms with E-state index < -0.39 is 11.8 Å². The number of aliphatic hydroxyl groups is 1. The Kier molecular flexibility index (Phi) is 4.42. The lowest BCUT2D eigenvalue weighted by Gasteiger charge is -2.18. The molecule has 0 unspecified atom stereocenters. The molecule has 0 spiro atoms. The van der Waals surface area contributed by atoms with Crippen LogP contribution in [0.4, 0.5) is 11.4 Å². The van der Waals surface area contributed by atoms with Gasteiger partial charge in [0, 0.05) is 29.7 Å². The minimum Gasteiger partial charge on any atom is -0.395 e. The Morgan fingerprint density at radius 1 is 1.38 bits per heavy atom. The third kappa shape index (κ3) is 2.83. The predicted octanol–water partition coefficient (Wildman–Crippen LogP) is 1.01. The van der Waals surface area contributed by atoms with Crippen molar-refractivity contribution in [3.05, 3.63) is 33.9 Å². The van der Waals surface area contributed by atoms with Crippen molar-refractivity contribution in [1.82, 2.24) is 4.90 Å². The smallest absolute Gasteiger partial charge is 0.277 e. The number of anilines is 2. The van der Waals surface area contributed by atoms with Crippen molar-refractivity contribution < 1.29 is 19.5 Å². The van der Waals surface area contributed by atoms with Gasteiger partial charge in [0.1, 0.15) is 5.70 Å². The zero-order chi connectivity index (χ0) is 17.4. The maximum Gasteiger partial charge on any atom is 0.277 e. The van der Waals surface area contributed by atoms with E-state index in [1.54, 1.807) is 11.0 Å². The summed E-state index contributed by atoms with van der Waals surface area (Å²) in [5.41, 5.74) is 2.66. The van der Waals surface area contributed by atoms with Crippen LogP contribution in [0.15, 0.2) is 28.4 Å². The number of nitrogens with one attached hydrogen (secondary N) is 1. The Hall–Kier alpha value is -2.19. The molecule has 3 rings (SSSR count). The third-order valence-electron chi connectivity index (χ3n) is 4.01. The molecule has 1 aromatic carbocycles. The van der Waals surface area contributed by atoms with Gasteiger partial charge in [-0.15, -0.1) is 0 Å². The van der Waals surface area contributed by atoms with Crippen LogP contribution in [0, 0.1) is 0 Å². The van der Waals surface area contributed by atoms with Crippen LogP contribution >= 0.6 is 15.9 Å². The molecular formula is C16H16BrN3O4. The summed E-state index contributed by atoms with van der Waals surface area (Å²) in [5, 5.41) is 11.9. The summed E-state index contributed by atoms with van der Waals surface area (Å²) in [6.45, 7) is 1.85. The average molecular weight is 394 g/mol. The number of imide groups is 1. The molecule has 0 fully saturated rings. The molecule has 0 aliphatic carbocycles. The van der Waals surface area contributed by atoms with E-state index in [0.717, 1.165) is 27.0 Å². The molecule has 24 heavy (non-hydrogen) atoms. The fraction of sp³-hybridized carbons (Fsp3) is 0.312. The van der Waals surface area contributed by atoms with E-state index in [9.17, 15) is 14.4 Å². The van der Waals surface area contributed by atoms with E-state index in [2.05, 4.69) is 21.2 Å². The molecule has 3 amide bonds. The van der Waals surface area contributed by atoms with E-state index in [1.807, 2.05) is 6.07 Å². The van der Waals surface area contributed by atoms with Crippen molar-refractivity contribution in [2.45, 2.75) is 13.3 Å². The second kappa shape index (κ2) is 6.37. The van der Waals surface area contributed by atoms with Crippen LogP contribution in [0.1, 0.15) is 12.5 Å². The van der Waals surface area contributed by atoms with Gasteiger partial charge in [0.25, 0.3) is 11.8 Å². The summed E-state index contributed by atoms with van der Waals surface area (Å²) in [7, 11) is 0. The van der Waals surface area contributed by atoms with Crippen LogP contribution in [0.3, 0.4) is 0 Å². The van der Waals surface area contributed by atoms with Gasteiger partial charge in [-0.1, -0.05) is 0 Å². The average Bonchev–Trinajstić information content (AvgIpc) is 3.05. The van der Waals surface area contributed by atoms with Crippen molar-refractivity contribution in [3.8, 4) is 0 Å². The zero-order valence-corrected chi connectivity index (χ0v) is 14.6. The van der Waals surface area contributed by atoms with Crippen molar-refractivity contribution in [1.29, 1.82) is 0 Å². The second-order valence-electron chi connectivity index (χ2n) is 5.59. The van der Waals surface area contributed by atoms with E-state index >= 15 is 0 Å². The molecule has 0 saturated carbocycles. The molecule has 126 valence electrons. The summed E-state index contributed by atoms with van der Waals surface area (Å²) in [6.07, 6.45) is 1.95. The highest BCUT2D eigenvalue weighted by atomic mass is 79.9. The van der Waals surface area contributed by atoms with Gasteiger partial charge in [-0.25, -0.2) is 0 Å². The largest absolute Gasteiger partial charge is 0.395 e. The number of carbonyl (C=O) groups is 3. The van der Waals surface area contributed by atoms with Crippen LogP contribution < -0.4 is 10.2 Å². The lowest BCUT2D eigenvalue weighted by molar-refractivity contribution is -0.137. The van der Waals surface area contributed by atoms with Crippen LogP contribution in [0.5, 0.6) is 0 Å². The Bertz CT molecular complexity index is 775. The molecule has 0 radical (unpaired) electrons. The van der Waals surface area contributed by atoms with Crippen molar-refractivity contribution in [3.63, 3.8) is 0 Å². The minimum absolute atomic E-state index is 0.0194. The Balaban J connectivity index is 1.84. The Labute approximate surface area is 147 Å². The zero-order valence-electron chi connectivity index (χ0n) is 13.0. The molecule has 7 nitrogen and oxygen atoms in total. The van der Waals surface area contributed by atoms with Crippen LogP contribution in [0.2, 0.25) is 0 Å². The summed E-state index contributed by atoms with van der Waals surface area (Å²) >= 11 is 3.47. The van der Waals surface area contributed by atoms with E-state index in [0.29, 0.717) is 12.2 Å². The number of carbonyl (C=O) groups excluding carboxylic acids is 3. The second-order valence-corrected chi connectivity index (χ2v) is 6.44. The summed E-state index contributed by atoms with van der Waals surface area (Å²) in [4.78, 5) is 38.3. The summed E-state index contributed by atoms with van der Waals surface area (Å²) in [5.74, 6) is -0.926. The Morgan fingerprint density at radius 2 is 2.12 bits per heavy atom. The number of rotatable bonds is 4. The highest BCUT2D eigenvalue weighted by Gasteiger charge is 2.31. The molecule has 0 bridgehead atoms. The number of benzene rings is 1. The first-order chi connectivity index (χ1) is 11.4. The summed E-state index contributed by atoms with van der Waals surface area (Å²) in [6, 6.07) is 3.64. The van der Waals surface area contributed by atoms with Crippen molar-refractivity contribution in [2.24, 2.45) is 0 Å². The minimum atomic E-state index is -0.462. The van der Waals surface area contributed by atoms with Crippen LogP contribution in [-0.2, 0) is 20.8 Å². The number of hydrogen-bond acceptors (Lipinski definition) is 5. The molecule has 2 heterocycles. The monoisotopic (exact) mass is 393 g/mol. The fourth-order valence-electron chi connectivity index (χ4n) is 2.95. The molecule has 2 aliphatic heterocycles. The van der Waals surface area contributed by atoms with Gasteiger partial charge in [0.15, 0.2) is 0 Å². The SMILES string of the molecule is CC(=O)N1CCc2cc(NC3=CC(=O)N(CCO)C3=O)cc(Br)c21. The van der Waals surface area contributed by atoms with Gasteiger partial charge < -0.3 is 15.3 Å². The topological polar surface area (TPSA) is 90.0 Å². The highest BCUT2D eigenvalue weighted by Crippen LogP contribution is 2.38. The maximum absolute atomic E-state index is 12.2. The highest BCUT2D eigenvalue weighted by molar-refractivity contribution is 9.10. The van der Waals surface area contributed by atoms with Gasteiger partial charge in [0.05, 0.1) is 18.8 Å². The molecule has 0 saturated heterocycles.